The number of ether oxygens (including phenoxy) is 2. The molecule has 3 heterocycles. The van der Waals surface area contributed by atoms with Crippen molar-refractivity contribution in [2.75, 3.05) is 5.88 Å². The molecule has 22 heavy (non-hydrogen) atoms. The maximum atomic E-state index is 12.4. The van der Waals surface area contributed by atoms with Crippen LogP contribution < -0.4 is 5.32 Å². The van der Waals surface area contributed by atoms with Crippen molar-refractivity contribution in [1.82, 2.24) is 5.32 Å². The first kappa shape index (κ1) is 14.8. The molecule has 0 unspecified atom stereocenters. The number of fused-ring (bicyclic) bond motifs is 2. The van der Waals surface area contributed by atoms with Crippen molar-refractivity contribution in [1.29, 1.82) is 0 Å². The van der Waals surface area contributed by atoms with Gasteiger partial charge in [0.2, 0.25) is 5.91 Å². The molecule has 4 rings (SSSR count). The molecular formula is C16H22ClNO4. The summed E-state index contributed by atoms with van der Waals surface area (Å²) in [5.74, 6) is 0.395. The number of halogens is 1. The zero-order valence-electron chi connectivity index (χ0n) is 12.7. The van der Waals surface area contributed by atoms with Crippen molar-refractivity contribution in [3.8, 4) is 0 Å². The Kier molecular flexibility index (Phi) is 3.10. The molecule has 0 aromatic carbocycles. The van der Waals surface area contributed by atoms with E-state index >= 15 is 0 Å². The van der Waals surface area contributed by atoms with Crippen LogP contribution in [0.3, 0.4) is 0 Å². The number of hydrogen-bond donors (Lipinski definition) is 2. The Labute approximate surface area is 135 Å². The summed E-state index contributed by atoms with van der Waals surface area (Å²) >= 11 is 5.85. The van der Waals surface area contributed by atoms with Gasteiger partial charge >= 0.3 is 0 Å². The first-order valence-electron chi connectivity index (χ1n) is 8.05. The number of rotatable bonds is 4. The highest BCUT2D eigenvalue weighted by Gasteiger charge is 2.77. The van der Waals surface area contributed by atoms with Crippen molar-refractivity contribution < 1.29 is 19.4 Å². The molecule has 0 aromatic heterocycles. The summed E-state index contributed by atoms with van der Waals surface area (Å²) in [5.41, 5.74) is -1.68. The van der Waals surface area contributed by atoms with Crippen LogP contribution in [0.15, 0.2) is 12.3 Å². The van der Waals surface area contributed by atoms with E-state index in [1.165, 1.54) is 0 Å². The lowest BCUT2D eigenvalue weighted by atomic mass is 9.63. The van der Waals surface area contributed by atoms with Crippen LogP contribution in [0, 0.1) is 11.8 Å². The number of amides is 1. The van der Waals surface area contributed by atoms with E-state index in [0.717, 1.165) is 19.3 Å². The van der Waals surface area contributed by atoms with E-state index in [0.29, 0.717) is 18.1 Å². The molecule has 122 valence electrons. The molecule has 5 nitrogen and oxygen atoms in total. The van der Waals surface area contributed by atoms with Gasteiger partial charge < -0.3 is 19.9 Å². The van der Waals surface area contributed by atoms with Crippen molar-refractivity contribution in [2.45, 2.75) is 62.1 Å². The molecule has 2 N–H and O–H groups in total. The van der Waals surface area contributed by atoms with Crippen LogP contribution in [0.4, 0.5) is 0 Å². The summed E-state index contributed by atoms with van der Waals surface area (Å²) < 4.78 is 11.5. The van der Waals surface area contributed by atoms with Crippen molar-refractivity contribution in [2.24, 2.45) is 11.8 Å². The highest BCUT2D eigenvalue weighted by Crippen LogP contribution is 2.59. The van der Waals surface area contributed by atoms with Crippen LogP contribution in [-0.2, 0) is 14.3 Å². The molecule has 4 aliphatic rings. The van der Waals surface area contributed by atoms with E-state index in [1.807, 2.05) is 6.92 Å². The number of epoxide rings is 1. The van der Waals surface area contributed by atoms with E-state index in [1.54, 1.807) is 0 Å². The van der Waals surface area contributed by atoms with E-state index in [2.05, 4.69) is 11.9 Å². The third-order valence-corrected chi connectivity index (χ3v) is 6.39. The Bertz CT molecular complexity index is 540. The SMILES string of the molecule is C=C1O[C@@]2(C)[C@@H](CCCl)C(=O)N[C@@]12[C@@H](O)[C@H]1CCC[C@@H]2O[C@H]12. The van der Waals surface area contributed by atoms with E-state index < -0.39 is 17.2 Å². The van der Waals surface area contributed by atoms with E-state index in [4.69, 9.17) is 21.1 Å². The Balaban J connectivity index is 1.66. The maximum Gasteiger partial charge on any atom is 0.228 e. The van der Waals surface area contributed by atoms with Crippen molar-refractivity contribution in [3.05, 3.63) is 12.3 Å². The fraction of sp³-hybridized carbons (Fsp3) is 0.812. The molecule has 0 bridgehead atoms. The van der Waals surface area contributed by atoms with Crippen LogP contribution in [0.5, 0.6) is 0 Å². The second-order valence-electron chi connectivity index (χ2n) is 7.14. The highest BCUT2D eigenvalue weighted by atomic mass is 35.5. The van der Waals surface area contributed by atoms with Crippen molar-refractivity contribution in [3.63, 3.8) is 0 Å². The molecule has 3 saturated heterocycles. The molecule has 0 spiro atoms. The predicted molar refractivity (Wildman–Crippen MR) is 80.3 cm³/mol. The minimum atomic E-state index is -0.903. The summed E-state index contributed by atoms with van der Waals surface area (Å²) in [6.45, 7) is 5.82. The molecule has 1 saturated carbocycles. The zero-order valence-corrected chi connectivity index (χ0v) is 13.4. The number of carbonyl (C=O) groups is 1. The van der Waals surface area contributed by atoms with Crippen LogP contribution in [0.25, 0.3) is 0 Å². The van der Waals surface area contributed by atoms with Crippen LogP contribution >= 0.6 is 11.6 Å². The van der Waals surface area contributed by atoms with Gasteiger partial charge in [-0.3, -0.25) is 4.79 Å². The van der Waals surface area contributed by atoms with Gasteiger partial charge in [0.05, 0.1) is 24.2 Å². The van der Waals surface area contributed by atoms with Gasteiger partial charge in [0.25, 0.3) is 0 Å². The number of nitrogens with one attached hydrogen (secondary N) is 1. The maximum absolute atomic E-state index is 12.4. The molecule has 4 fully saturated rings. The first-order valence-corrected chi connectivity index (χ1v) is 8.59. The quantitative estimate of drug-likeness (QED) is 0.603. The smallest absolute Gasteiger partial charge is 0.228 e. The van der Waals surface area contributed by atoms with Gasteiger partial charge in [-0.05, 0) is 26.2 Å². The average molecular weight is 328 g/mol. The monoisotopic (exact) mass is 327 g/mol. The molecular weight excluding hydrogens is 306 g/mol. The van der Waals surface area contributed by atoms with Gasteiger partial charge in [0.1, 0.15) is 5.76 Å². The number of aliphatic hydroxyl groups excluding tert-OH is 1. The van der Waals surface area contributed by atoms with E-state index in [-0.39, 0.29) is 30.0 Å². The minimum Gasteiger partial charge on any atom is -0.486 e. The molecule has 6 heteroatoms. The summed E-state index contributed by atoms with van der Waals surface area (Å²) in [6.07, 6.45) is 3.19. The summed E-state index contributed by atoms with van der Waals surface area (Å²) in [7, 11) is 0. The standard InChI is InChI=1S/C16H22ClNO4/c1-8-16(13(19)9-4-3-5-11-12(9)21-11)15(2,22-8)10(6-7-17)14(20)18-16/h9-13,19H,1,3-7H2,2H3,(H,18,20)/t9-,10-,11-,12+,13-,15-,16+/m0/s1. The third kappa shape index (κ3) is 1.60. The normalized spacial score (nSPS) is 50.3. The van der Waals surface area contributed by atoms with Gasteiger partial charge in [-0.25, -0.2) is 0 Å². The lowest BCUT2D eigenvalue weighted by Crippen LogP contribution is -2.75. The number of hydrogen-bond acceptors (Lipinski definition) is 4. The number of aliphatic hydroxyl groups is 1. The number of carbonyl (C=O) groups excluding carboxylic acids is 1. The Morgan fingerprint density at radius 1 is 1.55 bits per heavy atom. The highest BCUT2D eigenvalue weighted by molar-refractivity contribution is 6.18. The van der Waals surface area contributed by atoms with Crippen molar-refractivity contribution >= 4 is 17.5 Å². The van der Waals surface area contributed by atoms with Gasteiger partial charge in [0, 0.05) is 11.8 Å². The summed E-state index contributed by atoms with van der Waals surface area (Å²) in [5, 5.41) is 14.1. The Morgan fingerprint density at radius 3 is 3.00 bits per heavy atom. The second kappa shape index (κ2) is 4.62. The first-order chi connectivity index (χ1) is 10.5. The number of alkyl halides is 1. The average Bonchev–Trinajstić information content (AvgIpc) is 3.25. The van der Waals surface area contributed by atoms with Gasteiger partial charge in [-0.1, -0.05) is 13.0 Å². The lowest BCUT2D eigenvalue weighted by molar-refractivity contribution is -0.206. The molecule has 1 amide bonds. The van der Waals surface area contributed by atoms with E-state index in [9.17, 15) is 9.90 Å². The predicted octanol–water partition coefficient (Wildman–Crippen LogP) is 1.33. The van der Waals surface area contributed by atoms with Gasteiger partial charge in [-0.15, -0.1) is 11.6 Å². The van der Waals surface area contributed by atoms with Crippen LogP contribution in [0.1, 0.15) is 32.6 Å². The Morgan fingerprint density at radius 2 is 2.32 bits per heavy atom. The molecule has 7 atom stereocenters. The third-order valence-electron chi connectivity index (χ3n) is 6.18. The fourth-order valence-electron chi connectivity index (χ4n) is 4.91. The fourth-order valence-corrected chi connectivity index (χ4v) is 5.13. The molecule has 3 aliphatic heterocycles. The summed E-state index contributed by atoms with van der Waals surface area (Å²) in [4.78, 5) is 12.4. The van der Waals surface area contributed by atoms with Crippen LogP contribution in [0.2, 0.25) is 0 Å². The van der Waals surface area contributed by atoms with Gasteiger partial charge in [-0.2, -0.15) is 0 Å². The molecule has 0 aromatic rings. The largest absolute Gasteiger partial charge is 0.486 e. The van der Waals surface area contributed by atoms with Crippen LogP contribution in [-0.4, -0.2) is 46.3 Å². The molecule has 0 radical (unpaired) electrons. The molecule has 1 aliphatic carbocycles. The second-order valence-corrected chi connectivity index (χ2v) is 7.52. The zero-order chi connectivity index (χ0) is 15.7. The Hall–Kier alpha value is -0.780. The van der Waals surface area contributed by atoms with Gasteiger partial charge in [0.15, 0.2) is 11.1 Å². The summed E-state index contributed by atoms with van der Waals surface area (Å²) in [6, 6.07) is 0. The minimum absolute atomic E-state index is 0.0220. The topological polar surface area (TPSA) is 71.1 Å². The lowest BCUT2D eigenvalue weighted by Gasteiger charge is -2.58.